The SMILES string of the molecule is Cc1ccc(Br)c(C(=O)NC2(C)CCCCC2)c1. The first-order valence-electron chi connectivity index (χ1n) is 6.59. The van der Waals surface area contributed by atoms with Gasteiger partial charge >= 0.3 is 0 Å². The van der Waals surface area contributed by atoms with Crippen molar-refractivity contribution in [3.8, 4) is 0 Å². The van der Waals surface area contributed by atoms with E-state index in [-0.39, 0.29) is 11.4 Å². The van der Waals surface area contributed by atoms with Crippen LogP contribution in [-0.4, -0.2) is 11.4 Å². The van der Waals surface area contributed by atoms with Gasteiger partial charge in [0.25, 0.3) is 5.91 Å². The second kappa shape index (κ2) is 5.43. The average molecular weight is 310 g/mol. The summed E-state index contributed by atoms with van der Waals surface area (Å²) in [6.07, 6.45) is 5.89. The van der Waals surface area contributed by atoms with Crippen LogP contribution in [0.15, 0.2) is 22.7 Å². The van der Waals surface area contributed by atoms with E-state index in [1.54, 1.807) is 0 Å². The average Bonchev–Trinajstić information content (AvgIpc) is 2.32. The molecule has 0 aliphatic heterocycles. The van der Waals surface area contributed by atoms with Gasteiger partial charge < -0.3 is 5.32 Å². The van der Waals surface area contributed by atoms with Gasteiger partial charge in [-0.25, -0.2) is 0 Å². The van der Waals surface area contributed by atoms with Crippen LogP contribution in [0.5, 0.6) is 0 Å². The van der Waals surface area contributed by atoms with Crippen molar-refractivity contribution in [1.29, 1.82) is 0 Å². The summed E-state index contributed by atoms with van der Waals surface area (Å²) >= 11 is 3.45. The molecule has 0 radical (unpaired) electrons. The number of rotatable bonds is 2. The summed E-state index contributed by atoms with van der Waals surface area (Å²) in [5.74, 6) is 0.0370. The number of aryl methyl sites for hydroxylation is 1. The number of hydrogen-bond donors (Lipinski definition) is 1. The lowest BCUT2D eigenvalue weighted by molar-refractivity contribution is 0.0882. The summed E-state index contributed by atoms with van der Waals surface area (Å²) in [7, 11) is 0. The van der Waals surface area contributed by atoms with E-state index in [1.165, 1.54) is 19.3 Å². The van der Waals surface area contributed by atoms with Crippen LogP contribution in [0.1, 0.15) is 54.9 Å². The molecule has 98 valence electrons. The summed E-state index contributed by atoms with van der Waals surface area (Å²) in [4.78, 5) is 12.4. The molecule has 1 N–H and O–H groups in total. The topological polar surface area (TPSA) is 29.1 Å². The Bertz CT molecular complexity index is 450. The lowest BCUT2D eigenvalue weighted by Gasteiger charge is -2.34. The van der Waals surface area contributed by atoms with Crippen LogP contribution >= 0.6 is 15.9 Å². The van der Waals surface area contributed by atoms with Crippen molar-refractivity contribution in [2.24, 2.45) is 0 Å². The first-order valence-corrected chi connectivity index (χ1v) is 7.38. The van der Waals surface area contributed by atoms with Gasteiger partial charge in [-0.1, -0.05) is 30.9 Å². The molecule has 1 aliphatic carbocycles. The smallest absolute Gasteiger partial charge is 0.252 e. The van der Waals surface area contributed by atoms with E-state index < -0.39 is 0 Å². The monoisotopic (exact) mass is 309 g/mol. The fourth-order valence-electron chi connectivity index (χ4n) is 2.61. The highest BCUT2D eigenvalue weighted by Gasteiger charge is 2.29. The third-order valence-electron chi connectivity index (χ3n) is 3.74. The van der Waals surface area contributed by atoms with Gasteiger partial charge in [0.15, 0.2) is 0 Å². The molecular weight excluding hydrogens is 290 g/mol. The molecule has 0 bridgehead atoms. The predicted octanol–water partition coefficient (Wildman–Crippen LogP) is 4.21. The minimum atomic E-state index is -0.0292. The van der Waals surface area contributed by atoms with E-state index >= 15 is 0 Å². The zero-order valence-electron chi connectivity index (χ0n) is 11.1. The Hall–Kier alpha value is -0.830. The van der Waals surface area contributed by atoms with E-state index in [2.05, 4.69) is 28.2 Å². The molecule has 0 saturated heterocycles. The van der Waals surface area contributed by atoms with Crippen LogP contribution in [0.3, 0.4) is 0 Å². The molecule has 0 aromatic heterocycles. The molecule has 0 atom stereocenters. The summed E-state index contributed by atoms with van der Waals surface area (Å²) < 4.78 is 0.866. The highest BCUT2D eigenvalue weighted by atomic mass is 79.9. The molecule has 2 rings (SSSR count). The Morgan fingerprint density at radius 3 is 2.61 bits per heavy atom. The van der Waals surface area contributed by atoms with Crippen LogP contribution in [0.4, 0.5) is 0 Å². The van der Waals surface area contributed by atoms with E-state index in [4.69, 9.17) is 0 Å². The largest absolute Gasteiger partial charge is 0.347 e. The second-order valence-electron chi connectivity index (χ2n) is 5.56. The standard InChI is InChI=1S/C15H20BrNO/c1-11-6-7-13(16)12(10-11)14(18)17-15(2)8-4-3-5-9-15/h6-7,10H,3-5,8-9H2,1-2H3,(H,17,18). The number of carbonyl (C=O) groups excluding carboxylic acids is 1. The molecule has 18 heavy (non-hydrogen) atoms. The number of carbonyl (C=O) groups is 1. The molecule has 1 saturated carbocycles. The lowest BCUT2D eigenvalue weighted by Crippen LogP contribution is -2.47. The Morgan fingerprint density at radius 2 is 1.94 bits per heavy atom. The van der Waals surface area contributed by atoms with Crippen molar-refractivity contribution in [3.63, 3.8) is 0 Å². The van der Waals surface area contributed by atoms with E-state index in [0.29, 0.717) is 0 Å². The van der Waals surface area contributed by atoms with Gasteiger partial charge in [-0.05, 0) is 54.8 Å². The van der Waals surface area contributed by atoms with E-state index in [0.717, 1.165) is 28.4 Å². The maximum absolute atomic E-state index is 12.4. The molecular formula is C15H20BrNO. The highest BCUT2D eigenvalue weighted by molar-refractivity contribution is 9.10. The van der Waals surface area contributed by atoms with Crippen LogP contribution < -0.4 is 5.32 Å². The molecule has 1 aromatic carbocycles. The van der Waals surface area contributed by atoms with Gasteiger partial charge in [-0.2, -0.15) is 0 Å². The van der Waals surface area contributed by atoms with Crippen molar-refractivity contribution in [2.75, 3.05) is 0 Å². The Morgan fingerprint density at radius 1 is 1.28 bits per heavy atom. The second-order valence-corrected chi connectivity index (χ2v) is 6.41. The van der Waals surface area contributed by atoms with Gasteiger partial charge in [0.1, 0.15) is 0 Å². The quantitative estimate of drug-likeness (QED) is 0.871. The molecule has 1 amide bonds. The Kier molecular flexibility index (Phi) is 4.10. The lowest BCUT2D eigenvalue weighted by atomic mass is 9.83. The minimum absolute atomic E-state index is 0.0292. The van der Waals surface area contributed by atoms with E-state index in [1.807, 2.05) is 25.1 Å². The number of amides is 1. The van der Waals surface area contributed by atoms with E-state index in [9.17, 15) is 4.79 Å². The van der Waals surface area contributed by atoms with Gasteiger partial charge in [-0.3, -0.25) is 4.79 Å². The van der Waals surface area contributed by atoms with Crippen molar-refractivity contribution >= 4 is 21.8 Å². The van der Waals surface area contributed by atoms with Crippen LogP contribution in [0.2, 0.25) is 0 Å². The fourth-order valence-corrected chi connectivity index (χ4v) is 3.04. The number of hydrogen-bond acceptors (Lipinski definition) is 1. The maximum atomic E-state index is 12.4. The summed E-state index contributed by atoms with van der Waals surface area (Å²) in [5, 5.41) is 3.21. The molecule has 0 heterocycles. The predicted molar refractivity (Wildman–Crippen MR) is 77.8 cm³/mol. The first-order chi connectivity index (χ1) is 8.50. The number of halogens is 1. The molecule has 3 heteroatoms. The summed E-state index contributed by atoms with van der Waals surface area (Å²) in [6.45, 7) is 4.17. The van der Waals surface area contributed by atoms with Crippen LogP contribution in [-0.2, 0) is 0 Å². The van der Waals surface area contributed by atoms with Crippen molar-refractivity contribution in [2.45, 2.75) is 51.5 Å². The zero-order valence-corrected chi connectivity index (χ0v) is 12.6. The molecule has 1 aromatic rings. The summed E-state index contributed by atoms with van der Waals surface area (Å²) in [6, 6.07) is 5.88. The molecule has 0 unspecified atom stereocenters. The summed E-state index contributed by atoms with van der Waals surface area (Å²) in [5.41, 5.74) is 1.82. The van der Waals surface area contributed by atoms with Crippen LogP contribution in [0, 0.1) is 6.92 Å². The zero-order chi connectivity index (χ0) is 13.2. The van der Waals surface area contributed by atoms with Crippen LogP contribution in [0.25, 0.3) is 0 Å². The Labute approximate surface area is 117 Å². The van der Waals surface area contributed by atoms with Gasteiger partial charge in [0.05, 0.1) is 5.56 Å². The maximum Gasteiger partial charge on any atom is 0.252 e. The minimum Gasteiger partial charge on any atom is -0.347 e. The van der Waals surface area contributed by atoms with Gasteiger partial charge in [0.2, 0.25) is 0 Å². The first kappa shape index (κ1) is 13.6. The fraction of sp³-hybridized carbons (Fsp3) is 0.533. The van der Waals surface area contributed by atoms with Crippen molar-refractivity contribution in [1.82, 2.24) is 5.32 Å². The Balaban J connectivity index is 2.14. The van der Waals surface area contributed by atoms with Crippen molar-refractivity contribution in [3.05, 3.63) is 33.8 Å². The highest BCUT2D eigenvalue weighted by Crippen LogP contribution is 2.28. The van der Waals surface area contributed by atoms with Crippen molar-refractivity contribution < 1.29 is 4.79 Å². The normalized spacial score (nSPS) is 18.4. The van der Waals surface area contributed by atoms with Gasteiger partial charge in [-0.15, -0.1) is 0 Å². The number of nitrogens with one attached hydrogen (secondary N) is 1. The molecule has 1 aliphatic rings. The van der Waals surface area contributed by atoms with Gasteiger partial charge in [0, 0.05) is 10.0 Å². The molecule has 1 fully saturated rings. The third-order valence-corrected chi connectivity index (χ3v) is 4.43. The molecule has 2 nitrogen and oxygen atoms in total. The molecule has 0 spiro atoms. The third kappa shape index (κ3) is 3.14. The number of benzene rings is 1.